The summed E-state index contributed by atoms with van der Waals surface area (Å²) < 4.78 is 16.1. The molecule has 0 bridgehead atoms. The minimum absolute atomic E-state index is 0.0345. The number of hydrogen-bond donors (Lipinski definition) is 0. The number of para-hydroxylation sites is 1. The van der Waals surface area contributed by atoms with Crippen molar-refractivity contribution in [2.24, 2.45) is 10.1 Å². The standard InChI is InChI=1S/C22H21FN4OS/c1-4-26-18-12-8-6-10-16(18)20(21(26)28)25-27-19(13-29-22(27)24-14(2)3)15-9-5-7-11-17(15)23/h5-14H,4H2,1-3H3. The third-order valence-electron chi connectivity index (χ3n) is 4.62. The fourth-order valence-electron chi connectivity index (χ4n) is 3.33. The number of amides is 1. The number of carbonyl (C=O) groups excluding carboxylic acids is 1. The van der Waals surface area contributed by atoms with Crippen LogP contribution in [-0.4, -0.2) is 28.9 Å². The van der Waals surface area contributed by atoms with Gasteiger partial charge in [-0.05, 0) is 39.0 Å². The second-order valence-electron chi connectivity index (χ2n) is 6.93. The fourth-order valence-corrected chi connectivity index (χ4v) is 4.29. The van der Waals surface area contributed by atoms with Crippen LogP contribution in [0.2, 0.25) is 0 Å². The first-order chi connectivity index (χ1) is 14.0. The lowest BCUT2D eigenvalue weighted by Gasteiger charge is -2.13. The highest BCUT2D eigenvalue weighted by molar-refractivity contribution is 7.07. The van der Waals surface area contributed by atoms with E-state index in [9.17, 15) is 9.18 Å². The van der Waals surface area contributed by atoms with Gasteiger partial charge in [0.15, 0.2) is 5.71 Å². The van der Waals surface area contributed by atoms with Crippen LogP contribution in [0, 0.1) is 5.82 Å². The molecule has 0 aliphatic carbocycles. The first kappa shape index (κ1) is 19.3. The van der Waals surface area contributed by atoms with Gasteiger partial charge >= 0.3 is 0 Å². The molecule has 0 unspecified atom stereocenters. The largest absolute Gasteiger partial charge is 0.307 e. The molecule has 148 valence electrons. The van der Waals surface area contributed by atoms with Crippen LogP contribution in [0.4, 0.5) is 10.1 Å². The van der Waals surface area contributed by atoms with Gasteiger partial charge in [0.05, 0.1) is 11.4 Å². The molecule has 0 fully saturated rings. The zero-order valence-corrected chi connectivity index (χ0v) is 17.3. The van der Waals surface area contributed by atoms with Gasteiger partial charge in [0.1, 0.15) is 5.82 Å². The van der Waals surface area contributed by atoms with E-state index < -0.39 is 0 Å². The van der Waals surface area contributed by atoms with Crippen LogP contribution < -0.4 is 9.70 Å². The quantitative estimate of drug-likeness (QED) is 0.636. The molecule has 29 heavy (non-hydrogen) atoms. The van der Waals surface area contributed by atoms with Crippen molar-refractivity contribution in [3.05, 3.63) is 70.1 Å². The number of fused-ring (bicyclic) bond motifs is 1. The van der Waals surface area contributed by atoms with Crippen molar-refractivity contribution in [2.75, 3.05) is 11.4 Å². The maximum absolute atomic E-state index is 14.5. The summed E-state index contributed by atoms with van der Waals surface area (Å²) in [6.07, 6.45) is 0. The summed E-state index contributed by atoms with van der Waals surface area (Å²) in [6, 6.07) is 14.2. The molecule has 3 aromatic rings. The Morgan fingerprint density at radius 2 is 1.76 bits per heavy atom. The maximum Gasteiger partial charge on any atom is 0.279 e. The van der Waals surface area contributed by atoms with Crippen LogP contribution in [0.5, 0.6) is 0 Å². The number of hydrogen-bond acceptors (Lipinski definition) is 4. The highest BCUT2D eigenvalue weighted by Crippen LogP contribution is 2.30. The van der Waals surface area contributed by atoms with Crippen molar-refractivity contribution in [2.45, 2.75) is 26.8 Å². The van der Waals surface area contributed by atoms with Gasteiger partial charge in [0.2, 0.25) is 4.80 Å². The summed E-state index contributed by atoms with van der Waals surface area (Å²) in [5.74, 6) is -0.508. The van der Waals surface area contributed by atoms with Crippen LogP contribution in [-0.2, 0) is 4.79 Å². The molecule has 0 radical (unpaired) electrons. The second-order valence-corrected chi connectivity index (χ2v) is 7.77. The number of thiazole rings is 1. The molecule has 0 spiro atoms. The predicted molar refractivity (Wildman–Crippen MR) is 115 cm³/mol. The van der Waals surface area contributed by atoms with E-state index in [0.29, 0.717) is 28.3 Å². The molecule has 0 saturated carbocycles. The maximum atomic E-state index is 14.5. The van der Waals surface area contributed by atoms with Crippen molar-refractivity contribution < 1.29 is 9.18 Å². The van der Waals surface area contributed by atoms with Gasteiger partial charge in [0, 0.05) is 29.1 Å². The van der Waals surface area contributed by atoms with Gasteiger partial charge in [-0.3, -0.25) is 9.79 Å². The van der Waals surface area contributed by atoms with Crippen LogP contribution in [0.25, 0.3) is 11.3 Å². The van der Waals surface area contributed by atoms with E-state index in [4.69, 9.17) is 5.10 Å². The minimum Gasteiger partial charge on any atom is -0.307 e. The Morgan fingerprint density at radius 1 is 1.07 bits per heavy atom. The van der Waals surface area contributed by atoms with Crippen molar-refractivity contribution in [3.8, 4) is 11.3 Å². The van der Waals surface area contributed by atoms with Gasteiger partial charge in [-0.2, -0.15) is 5.10 Å². The van der Waals surface area contributed by atoms with E-state index in [0.717, 1.165) is 11.3 Å². The first-order valence-corrected chi connectivity index (χ1v) is 10.4. The van der Waals surface area contributed by atoms with Crippen LogP contribution >= 0.6 is 11.3 Å². The van der Waals surface area contributed by atoms with E-state index in [1.165, 1.54) is 17.4 Å². The van der Waals surface area contributed by atoms with Gasteiger partial charge in [0.25, 0.3) is 5.91 Å². The fraction of sp³-hybridized carbons (Fsp3) is 0.227. The number of nitrogens with zero attached hydrogens (tertiary/aromatic N) is 4. The Morgan fingerprint density at radius 3 is 2.45 bits per heavy atom. The average molecular weight is 409 g/mol. The van der Waals surface area contributed by atoms with E-state index in [-0.39, 0.29) is 17.8 Å². The zero-order valence-electron chi connectivity index (χ0n) is 16.5. The average Bonchev–Trinajstić information content (AvgIpc) is 3.21. The molecule has 2 heterocycles. The molecular formula is C22H21FN4OS. The normalized spacial score (nSPS) is 15.6. The molecule has 4 rings (SSSR count). The molecule has 2 aromatic carbocycles. The van der Waals surface area contributed by atoms with Crippen molar-refractivity contribution in [3.63, 3.8) is 0 Å². The molecule has 0 atom stereocenters. The van der Waals surface area contributed by atoms with E-state index >= 15 is 0 Å². The van der Waals surface area contributed by atoms with Crippen LogP contribution in [0.3, 0.4) is 0 Å². The minimum atomic E-state index is -0.344. The third-order valence-corrected chi connectivity index (χ3v) is 5.45. The third kappa shape index (κ3) is 3.42. The summed E-state index contributed by atoms with van der Waals surface area (Å²) in [4.78, 5) is 20.0. The molecule has 5 nitrogen and oxygen atoms in total. The summed E-state index contributed by atoms with van der Waals surface area (Å²) in [5.41, 5.74) is 2.94. The Kier molecular flexibility index (Phi) is 5.15. The Bertz CT molecular complexity index is 1180. The zero-order chi connectivity index (χ0) is 20.5. The van der Waals surface area contributed by atoms with Crippen molar-refractivity contribution in [1.29, 1.82) is 0 Å². The van der Waals surface area contributed by atoms with Crippen LogP contribution in [0.1, 0.15) is 26.3 Å². The first-order valence-electron chi connectivity index (χ1n) is 9.50. The van der Waals surface area contributed by atoms with Crippen molar-refractivity contribution >= 4 is 28.6 Å². The van der Waals surface area contributed by atoms with E-state index in [1.807, 2.05) is 50.4 Å². The van der Waals surface area contributed by atoms with Crippen LogP contribution in [0.15, 0.2) is 64.0 Å². The second kappa shape index (κ2) is 7.75. The lowest BCUT2D eigenvalue weighted by Crippen LogP contribution is -2.30. The Labute approximate surface area is 172 Å². The topological polar surface area (TPSA) is 50.0 Å². The van der Waals surface area contributed by atoms with Gasteiger partial charge in [-0.25, -0.2) is 9.07 Å². The van der Waals surface area contributed by atoms with Gasteiger partial charge in [-0.15, -0.1) is 11.3 Å². The molecule has 1 aromatic heterocycles. The SMILES string of the molecule is CCN1C(=O)C(=Nn2c(-c3ccccc3F)csc2=NC(C)C)c2ccccc21. The summed E-state index contributed by atoms with van der Waals surface area (Å²) >= 11 is 1.38. The number of halogens is 1. The molecule has 1 aliphatic rings. The lowest BCUT2D eigenvalue weighted by atomic mass is 10.1. The smallest absolute Gasteiger partial charge is 0.279 e. The van der Waals surface area contributed by atoms with Gasteiger partial charge < -0.3 is 4.90 Å². The Hall–Kier alpha value is -3.06. The summed E-state index contributed by atoms with van der Waals surface area (Å²) in [5, 5.41) is 6.53. The number of aromatic nitrogens is 1. The molecule has 1 aliphatic heterocycles. The predicted octanol–water partition coefficient (Wildman–Crippen LogP) is 4.28. The molecule has 0 saturated heterocycles. The highest BCUT2D eigenvalue weighted by atomic mass is 32.1. The summed E-state index contributed by atoms with van der Waals surface area (Å²) in [7, 11) is 0. The molecular weight excluding hydrogens is 387 g/mol. The van der Waals surface area contributed by atoms with E-state index in [1.54, 1.807) is 27.8 Å². The molecule has 1 amide bonds. The highest BCUT2D eigenvalue weighted by Gasteiger charge is 2.33. The number of carbonyl (C=O) groups is 1. The number of benzene rings is 2. The number of rotatable bonds is 4. The Balaban J connectivity index is 1.97. The monoisotopic (exact) mass is 408 g/mol. The summed E-state index contributed by atoms with van der Waals surface area (Å²) in [6.45, 7) is 6.41. The molecule has 0 N–H and O–H groups in total. The van der Waals surface area contributed by atoms with Gasteiger partial charge in [-0.1, -0.05) is 30.3 Å². The number of anilines is 1. The molecule has 7 heteroatoms. The van der Waals surface area contributed by atoms with E-state index in [2.05, 4.69) is 4.99 Å². The number of likely N-dealkylation sites (N-methyl/N-ethyl adjacent to an activating group) is 1. The van der Waals surface area contributed by atoms with Crippen molar-refractivity contribution in [1.82, 2.24) is 4.68 Å². The lowest BCUT2D eigenvalue weighted by molar-refractivity contribution is -0.112.